The Balaban J connectivity index is 3.04. The number of benzene rings is 1. The van der Waals surface area contributed by atoms with Crippen molar-refractivity contribution in [1.29, 1.82) is 0 Å². The number of esters is 1. The van der Waals surface area contributed by atoms with E-state index in [0.29, 0.717) is 10.0 Å². The lowest BCUT2D eigenvalue weighted by atomic mass is 10.1. The molecule has 0 radical (unpaired) electrons. The Kier molecular flexibility index (Phi) is 4.30. The van der Waals surface area contributed by atoms with Gasteiger partial charge in [0.15, 0.2) is 5.71 Å². The van der Waals surface area contributed by atoms with Crippen molar-refractivity contribution in [3.63, 3.8) is 0 Å². The van der Waals surface area contributed by atoms with E-state index < -0.39 is 5.97 Å². The van der Waals surface area contributed by atoms with Gasteiger partial charge in [0.05, 0.1) is 6.61 Å². The summed E-state index contributed by atoms with van der Waals surface area (Å²) in [6, 6.07) is 6.95. The molecule has 1 rings (SSSR count). The number of halogens is 1. The zero-order chi connectivity index (χ0) is 11.3. The van der Waals surface area contributed by atoms with Crippen LogP contribution in [0.25, 0.3) is 0 Å². The molecule has 4 nitrogen and oxygen atoms in total. The second kappa shape index (κ2) is 5.50. The van der Waals surface area contributed by atoms with Crippen LogP contribution in [0.4, 0.5) is 0 Å². The maximum atomic E-state index is 11.4. The number of hydrogen-bond donors (Lipinski definition) is 1. The molecule has 0 bridgehead atoms. The zero-order valence-electron chi connectivity index (χ0n) is 8.11. The van der Waals surface area contributed by atoms with Crippen LogP contribution in [0.1, 0.15) is 12.5 Å². The van der Waals surface area contributed by atoms with Crippen molar-refractivity contribution in [2.24, 2.45) is 5.16 Å². The molecule has 0 heterocycles. The van der Waals surface area contributed by atoms with E-state index in [4.69, 9.17) is 9.94 Å². The largest absolute Gasteiger partial charge is 0.461 e. The van der Waals surface area contributed by atoms with E-state index in [1.165, 1.54) is 0 Å². The van der Waals surface area contributed by atoms with E-state index in [0.717, 1.165) is 0 Å². The van der Waals surface area contributed by atoms with Gasteiger partial charge in [0.25, 0.3) is 0 Å². The number of carbonyl (C=O) groups is 1. The Morgan fingerprint density at radius 1 is 1.53 bits per heavy atom. The van der Waals surface area contributed by atoms with Crippen molar-refractivity contribution in [3.05, 3.63) is 34.3 Å². The van der Waals surface area contributed by atoms with Gasteiger partial charge in [0, 0.05) is 10.0 Å². The lowest BCUT2D eigenvalue weighted by molar-refractivity contribution is -0.135. The van der Waals surface area contributed by atoms with Gasteiger partial charge in [-0.25, -0.2) is 4.79 Å². The van der Waals surface area contributed by atoms with Crippen LogP contribution in [0.5, 0.6) is 0 Å². The quantitative estimate of drug-likeness (QED) is 0.397. The van der Waals surface area contributed by atoms with E-state index in [2.05, 4.69) is 21.1 Å². The molecule has 0 aromatic heterocycles. The molecule has 0 unspecified atom stereocenters. The second-order valence-corrected chi connectivity index (χ2v) is 3.50. The minimum Gasteiger partial charge on any atom is -0.461 e. The summed E-state index contributed by atoms with van der Waals surface area (Å²) in [5, 5.41) is 11.7. The second-order valence-electron chi connectivity index (χ2n) is 2.65. The van der Waals surface area contributed by atoms with Gasteiger partial charge < -0.3 is 9.94 Å². The Labute approximate surface area is 95.7 Å². The molecule has 0 aliphatic rings. The van der Waals surface area contributed by atoms with Crippen LogP contribution in [0.2, 0.25) is 0 Å². The van der Waals surface area contributed by atoms with Crippen LogP contribution in [-0.2, 0) is 9.53 Å². The standard InChI is InChI=1S/C10H10BrNO3/c1-2-15-10(13)9(12-14)7-5-3-4-6-8(7)11/h3-6,14H,2H2,1H3. The van der Waals surface area contributed by atoms with Gasteiger partial charge in [0.2, 0.25) is 0 Å². The van der Waals surface area contributed by atoms with Gasteiger partial charge in [-0.1, -0.05) is 39.3 Å². The van der Waals surface area contributed by atoms with Crippen molar-refractivity contribution >= 4 is 27.6 Å². The highest BCUT2D eigenvalue weighted by atomic mass is 79.9. The summed E-state index contributed by atoms with van der Waals surface area (Å²) in [5.41, 5.74) is 0.391. The van der Waals surface area contributed by atoms with Crippen LogP contribution in [-0.4, -0.2) is 23.5 Å². The maximum Gasteiger partial charge on any atom is 0.361 e. The molecule has 0 saturated heterocycles. The summed E-state index contributed by atoms with van der Waals surface area (Å²) in [4.78, 5) is 11.4. The van der Waals surface area contributed by atoms with Gasteiger partial charge in [-0.15, -0.1) is 0 Å². The minimum absolute atomic E-state index is 0.107. The van der Waals surface area contributed by atoms with Crippen LogP contribution in [0.3, 0.4) is 0 Å². The smallest absolute Gasteiger partial charge is 0.361 e. The summed E-state index contributed by atoms with van der Waals surface area (Å²) < 4.78 is 5.43. The molecule has 5 heteroatoms. The average Bonchev–Trinajstić information content (AvgIpc) is 2.22. The van der Waals surface area contributed by atoms with Crippen LogP contribution in [0, 0.1) is 0 Å². The van der Waals surface area contributed by atoms with Gasteiger partial charge in [0.1, 0.15) is 0 Å². The van der Waals surface area contributed by atoms with Crippen molar-refractivity contribution < 1.29 is 14.7 Å². The molecule has 0 atom stereocenters. The lowest BCUT2D eigenvalue weighted by Gasteiger charge is -2.05. The number of carbonyl (C=O) groups excluding carboxylic acids is 1. The molecule has 0 amide bonds. The molecule has 0 aliphatic carbocycles. The van der Waals surface area contributed by atoms with Crippen LogP contribution < -0.4 is 0 Å². The van der Waals surface area contributed by atoms with E-state index in [1.54, 1.807) is 31.2 Å². The van der Waals surface area contributed by atoms with Crippen molar-refractivity contribution in [1.82, 2.24) is 0 Å². The number of nitrogens with zero attached hydrogens (tertiary/aromatic N) is 1. The topological polar surface area (TPSA) is 58.9 Å². The monoisotopic (exact) mass is 271 g/mol. The first kappa shape index (κ1) is 11.7. The SMILES string of the molecule is CCOC(=O)C(=NO)c1ccccc1Br. The number of oxime groups is 1. The highest BCUT2D eigenvalue weighted by Crippen LogP contribution is 2.17. The van der Waals surface area contributed by atoms with Gasteiger partial charge in [-0.05, 0) is 13.0 Å². The number of ether oxygens (including phenoxy) is 1. The molecule has 1 N–H and O–H groups in total. The zero-order valence-corrected chi connectivity index (χ0v) is 9.69. The van der Waals surface area contributed by atoms with Crippen molar-refractivity contribution in [3.8, 4) is 0 Å². The molecular weight excluding hydrogens is 262 g/mol. The third-order valence-corrected chi connectivity index (χ3v) is 2.39. The fourth-order valence-electron chi connectivity index (χ4n) is 1.06. The third-order valence-electron chi connectivity index (χ3n) is 1.70. The van der Waals surface area contributed by atoms with Crippen molar-refractivity contribution in [2.45, 2.75) is 6.92 Å². The minimum atomic E-state index is -0.646. The highest BCUT2D eigenvalue weighted by Gasteiger charge is 2.17. The first-order chi connectivity index (χ1) is 7.20. The van der Waals surface area contributed by atoms with Crippen LogP contribution >= 0.6 is 15.9 Å². The summed E-state index contributed by atoms with van der Waals surface area (Å²) in [6.45, 7) is 1.93. The summed E-state index contributed by atoms with van der Waals surface area (Å²) in [6.07, 6.45) is 0. The number of rotatable bonds is 3. The molecule has 15 heavy (non-hydrogen) atoms. The molecule has 80 valence electrons. The predicted molar refractivity (Wildman–Crippen MR) is 59.1 cm³/mol. The normalized spacial score (nSPS) is 11.2. The Bertz CT molecular complexity index is 390. The van der Waals surface area contributed by atoms with Crippen LogP contribution in [0.15, 0.2) is 33.9 Å². The Morgan fingerprint density at radius 3 is 2.73 bits per heavy atom. The molecule has 1 aromatic rings. The van der Waals surface area contributed by atoms with Gasteiger partial charge in [-0.3, -0.25) is 0 Å². The molecule has 1 aromatic carbocycles. The molecule has 0 saturated carbocycles. The van der Waals surface area contributed by atoms with E-state index in [-0.39, 0.29) is 12.3 Å². The fraction of sp³-hybridized carbons (Fsp3) is 0.200. The van der Waals surface area contributed by atoms with Crippen molar-refractivity contribution in [2.75, 3.05) is 6.61 Å². The fourth-order valence-corrected chi connectivity index (χ4v) is 1.53. The first-order valence-electron chi connectivity index (χ1n) is 4.34. The highest BCUT2D eigenvalue weighted by molar-refractivity contribution is 9.10. The summed E-state index contributed by atoms with van der Waals surface area (Å²) in [5.74, 6) is -0.646. The summed E-state index contributed by atoms with van der Waals surface area (Å²) in [7, 11) is 0. The van der Waals surface area contributed by atoms with E-state index >= 15 is 0 Å². The Hall–Kier alpha value is -1.36. The summed E-state index contributed by atoms with van der Waals surface area (Å²) >= 11 is 3.26. The van der Waals surface area contributed by atoms with E-state index in [1.807, 2.05) is 0 Å². The molecule has 0 fully saturated rings. The predicted octanol–water partition coefficient (Wildman–Crippen LogP) is 2.19. The number of hydrogen-bond acceptors (Lipinski definition) is 4. The van der Waals surface area contributed by atoms with Gasteiger partial charge in [-0.2, -0.15) is 0 Å². The van der Waals surface area contributed by atoms with E-state index in [9.17, 15) is 4.79 Å². The Morgan fingerprint density at radius 2 is 2.20 bits per heavy atom. The maximum absolute atomic E-state index is 11.4. The molecule has 0 aliphatic heterocycles. The molecule has 0 spiro atoms. The van der Waals surface area contributed by atoms with Gasteiger partial charge >= 0.3 is 5.97 Å². The molecular formula is C10H10BrNO3. The lowest BCUT2D eigenvalue weighted by Crippen LogP contribution is -2.19. The third kappa shape index (κ3) is 2.79. The average molecular weight is 272 g/mol. The first-order valence-corrected chi connectivity index (χ1v) is 5.14.